The lowest BCUT2D eigenvalue weighted by Crippen LogP contribution is -2.46. The Morgan fingerprint density at radius 2 is 1.75 bits per heavy atom. The summed E-state index contributed by atoms with van der Waals surface area (Å²) < 4.78 is 10.1. The van der Waals surface area contributed by atoms with Gasteiger partial charge in [0.05, 0.1) is 12.9 Å². The molecule has 132 valence electrons. The predicted molar refractivity (Wildman–Crippen MR) is 91.1 cm³/mol. The minimum Gasteiger partial charge on any atom is -0.497 e. The van der Waals surface area contributed by atoms with Crippen LogP contribution in [0.5, 0.6) is 5.75 Å². The largest absolute Gasteiger partial charge is 0.497 e. The molecule has 0 aliphatic carbocycles. The molecule has 2 N–H and O–H groups in total. The van der Waals surface area contributed by atoms with E-state index in [0.29, 0.717) is 0 Å². The van der Waals surface area contributed by atoms with Gasteiger partial charge in [0.15, 0.2) is 6.10 Å². The molecule has 0 radical (unpaired) electrons. The number of imide groups is 1. The fourth-order valence-corrected chi connectivity index (χ4v) is 2.29. The van der Waals surface area contributed by atoms with Crippen molar-refractivity contribution in [3.63, 3.8) is 0 Å². The first kappa shape index (κ1) is 19.8. The summed E-state index contributed by atoms with van der Waals surface area (Å²) in [6.45, 7) is 4.95. The van der Waals surface area contributed by atoms with Gasteiger partial charge >= 0.3 is 12.0 Å². The Morgan fingerprint density at radius 3 is 2.29 bits per heavy atom. The van der Waals surface area contributed by atoms with Crippen molar-refractivity contribution in [1.29, 1.82) is 0 Å². The van der Waals surface area contributed by atoms with Crippen LogP contribution >= 0.6 is 11.8 Å². The van der Waals surface area contributed by atoms with Crippen LogP contribution in [0.3, 0.4) is 0 Å². The molecule has 0 unspecified atom stereocenters. The van der Waals surface area contributed by atoms with Crippen LogP contribution in [0.4, 0.5) is 4.79 Å². The van der Waals surface area contributed by atoms with Crippen molar-refractivity contribution in [3.8, 4) is 5.75 Å². The van der Waals surface area contributed by atoms with Gasteiger partial charge in [0.2, 0.25) is 0 Å². The maximum Gasteiger partial charge on any atom is 0.321 e. The lowest BCUT2D eigenvalue weighted by molar-refractivity contribution is -0.151. The molecule has 0 aliphatic heterocycles. The summed E-state index contributed by atoms with van der Waals surface area (Å²) in [6, 6.07) is 6.50. The third-order valence-corrected chi connectivity index (χ3v) is 3.74. The Hall–Kier alpha value is -2.22. The van der Waals surface area contributed by atoms with Crippen LogP contribution in [0.15, 0.2) is 29.2 Å². The first-order chi connectivity index (χ1) is 11.3. The van der Waals surface area contributed by atoms with Gasteiger partial charge in [-0.25, -0.2) is 4.79 Å². The van der Waals surface area contributed by atoms with Gasteiger partial charge in [0.25, 0.3) is 5.91 Å². The highest BCUT2D eigenvalue weighted by Crippen LogP contribution is 2.21. The lowest BCUT2D eigenvalue weighted by Gasteiger charge is -2.14. The second-order valence-corrected chi connectivity index (χ2v) is 6.26. The van der Waals surface area contributed by atoms with Crippen LogP contribution in [0, 0.1) is 0 Å². The molecule has 1 atom stereocenters. The number of urea groups is 1. The molecular formula is C16H22N2O5S. The fourth-order valence-electron chi connectivity index (χ4n) is 1.61. The Labute approximate surface area is 145 Å². The summed E-state index contributed by atoms with van der Waals surface area (Å²) in [4.78, 5) is 35.8. The molecule has 0 aliphatic rings. The molecule has 0 fully saturated rings. The molecule has 0 spiro atoms. The molecule has 8 heteroatoms. The zero-order valence-corrected chi connectivity index (χ0v) is 14.9. The van der Waals surface area contributed by atoms with Gasteiger partial charge in [0, 0.05) is 10.9 Å². The number of amides is 3. The van der Waals surface area contributed by atoms with Gasteiger partial charge in [-0.15, -0.1) is 11.8 Å². The van der Waals surface area contributed by atoms with Crippen LogP contribution in [0.1, 0.15) is 20.8 Å². The zero-order chi connectivity index (χ0) is 18.1. The van der Waals surface area contributed by atoms with Crippen LogP contribution < -0.4 is 15.4 Å². The smallest absolute Gasteiger partial charge is 0.321 e. The van der Waals surface area contributed by atoms with E-state index in [-0.39, 0.29) is 11.8 Å². The second-order valence-electron chi connectivity index (χ2n) is 5.21. The van der Waals surface area contributed by atoms with E-state index in [0.717, 1.165) is 10.6 Å². The average Bonchev–Trinajstić information content (AvgIpc) is 2.52. The first-order valence-corrected chi connectivity index (χ1v) is 8.38. The summed E-state index contributed by atoms with van der Waals surface area (Å²) >= 11 is 1.28. The summed E-state index contributed by atoms with van der Waals surface area (Å²) in [6.07, 6.45) is -1.05. The molecule has 1 aromatic carbocycles. The predicted octanol–water partition coefficient (Wildman–Crippen LogP) is 1.95. The second kappa shape index (κ2) is 9.82. The van der Waals surface area contributed by atoms with Crippen molar-refractivity contribution in [1.82, 2.24) is 10.6 Å². The van der Waals surface area contributed by atoms with E-state index in [9.17, 15) is 14.4 Å². The standard InChI is InChI=1S/C16H22N2O5S/c1-10(2)17-16(21)18-15(20)11(3)23-14(19)9-24-13-7-5-12(22-4)6-8-13/h5-8,10-11H,9H2,1-4H3,(H2,17,18,20,21)/t11-/m0/s1. The molecule has 1 aromatic rings. The van der Waals surface area contributed by atoms with Crippen molar-refractivity contribution in [3.05, 3.63) is 24.3 Å². The Morgan fingerprint density at radius 1 is 1.12 bits per heavy atom. The van der Waals surface area contributed by atoms with E-state index in [1.54, 1.807) is 33.1 Å². The number of hydrogen-bond acceptors (Lipinski definition) is 6. The van der Waals surface area contributed by atoms with Crippen molar-refractivity contribution >= 4 is 29.7 Å². The number of thioether (sulfide) groups is 1. The van der Waals surface area contributed by atoms with Gasteiger partial charge in [-0.2, -0.15) is 0 Å². The number of methoxy groups -OCH3 is 1. The van der Waals surface area contributed by atoms with Crippen molar-refractivity contribution in [2.75, 3.05) is 12.9 Å². The number of rotatable bonds is 7. The summed E-state index contributed by atoms with van der Waals surface area (Å²) in [5, 5.41) is 4.63. The maximum atomic E-state index is 11.8. The maximum absolute atomic E-state index is 11.8. The third-order valence-electron chi connectivity index (χ3n) is 2.75. The lowest BCUT2D eigenvalue weighted by atomic mass is 10.3. The number of hydrogen-bond donors (Lipinski definition) is 2. The monoisotopic (exact) mass is 354 g/mol. The number of carbonyl (C=O) groups excluding carboxylic acids is 3. The molecule has 0 heterocycles. The highest BCUT2D eigenvalue weighted by atomic mass is 32.2. The van der Waals surface area contributed by atoms with Crippen LogP contribution in [-0.4, -0.2) is 42.9 Å². The minimum atomic E-state index is -1.05. The van der Waals surface area contributed by atoms with E-state index in [2.05, 4.69) is 10.6 Å². The summed E-state index contributed by atoms with van der Waals surface area (Å²) in [7, 11) is 1.58. The van der Waals surface area contributed by atoms with Gasteiger partial charge in [-0.05, 0) is 45.0 Å². The van der Waals surface area contributed by atoms with Gasteiger partial charge in [-0.3, -0.25) is 14.9 Å². The number of ether oxygens (including phenoxy) is 2. The fraction of sp³-hybridized carbons (Fsp3) is 0.438. The normalized spacial score (nSPS) is 11.5. The van der Waals surface area contributed by atoms with E-state index >= 15 is 0 Å². The highest BCUT2D eigenvalue weighted by Gasteiger charge is 2.20. The molecule has 3 amide bonds. The summed E-state index contributed by atoms with van der Waals surface area (Å²) in [5.74, 6) is -0.423. The van der Waals surface area contributed by atoms with E-state index in [4.69, 9.17) is 9.47 Å². The Balaban J connectivity index is 2.37. The number of carbonyl (C=O) groups is 3. The molecule has 1 rings (SSSR count). The number of esters is 1. The molecule has 0 bridgehead atoms. The first-order valence-electron chi connectivity index (χ1n) is 7.39. The zero-order valence-electron chi connectivity index (χ0n) is 14.1. The average molecular weight is 354 g/mol. The number of benzene rings is 1. The molecular weight excluding hydrogens is 332 g/mol. The quantitative estimate of drug-likeness (QED) is 0.574. The Bertz CT molecular complexity index is 574. The van der Waals surface area contributed by atoms with Crippen LogP contribution in [0.25, 0.3) is 0 Å². The molecule has 0 saturated heterocycles. The van der Waals surface area contributed by atoms with E-state index < -0.39 is 24.0 Å². The van der Waals surface area contributed by atoms with E-state index in [1.165, 1.54) is 18.7 Å². The molecule has 0 saturated carbocycles. The number of nitrogens with one attached hydrogen (secondary N) is 2. The van der Waals surface area contributed by atoms with Gasteiger partial charge < -0.3 is 14.8 Å². The van der Waals surface area contributed by atoms with Crippen LogP contribution in [0.2, 0.25) is 0 Å². The summed E-state index contributed by atoms with van der Waals surface area (Å²) in [5.41, 5.74) is 0. The van der Waals surface area contributed by atoms with Crippen LogP contribution in [-0.2, 0) is 14.3 Å². The Kier molecular flexibility index (Phi) is 8.11. The van der Waals surface area contributed by atoms with Crippen molar-refractivity contribution < 1.29 is 23.9 Å². The topological polar surface area (TPSA) is 93.7 Å². The SMILES string of the molecule is COc1ccc(SCC(=O)O[C@@H](C)C(=O)NC(=O)NC(C)C)cc1. The van der Waals surface area contributed by atoms with Gasteiger partial charge in [-0.1, -0.05) is 0 Å². The van der Waals surface area contributed by atoms with E-state index in [1.807, 2.05) is 12.1 Å². The third kappa shape index (κ3) is 7.36. The highest BCUT2D eigenvalue weighted by molar-refractivity contribution is 8.00. The minimum absolute atomic E-state index is 0.0577. The van der Waals surface area contributed by atoms with Crippen molar-refractivity contribution in [2.24, 2.45) is 0 Å². The van der Waals surface area contributed by atoms with Gasteiger partial charge in [0.1, 0.15) is 5.75 Å². The molecule has 0 aromatic heterocycles. The molecule has 24 heavy (non-hydrogen) atoms. The van der Waals surface area contributed by atoms with Crippen molar-refractivity contribution in [2.45, 2.75) is 37.8 Å². The molecule has 7 nitrogen and oxygen atoms in total.